The zero-order valence-electron chi connectivity index (χ0n) is 7.09. The molecule has 1 aromatic rings. The van der Waals surface area contributed by atoms with Crippen LogP contribution in [0.15, 0.2) is 0 Å². The lowest BCUT2D eigenvalue weighted by Gasteiger charge is -2.02. The molecule has 0 radical (unpaired) electrons. The van der Waals surface area contributed by atoms with Gasteiger partial charge >= 0.3 is 6.01 Å². The van der Waals surface area contributed by atoms with Crippen LogP contribution in [0.1, 0.15) is 0 Å². The van der Waals surface area contributed by atoms with Crippen LogP contribution in [0.5, 0.6) is 6.01 Å². The fourth-order valence-electron chi connectivity index (χ4n) is 0.618. The molecule has 0 bridgehead atoms. The van der Waals surface area contributed by atoms with Crippen LogP contribution in [-0.4, -0.2) is 33.3 Å². The van der Waals surface area contributed by atoms with Crippen molar-refractivity contribution in [2.24, 2.45) is 0 Å². The largest absolute Gasteiger partial charge is 0.461 e. The maximum absolute atomic E-state index is 9.76. The minimum absolute atomic E-state index is 0.0996. The molecule has 0 amide bonds. The highest BCUT2D eigenvalue weighted by Gasteiger charge is 2.04. The van der Waals surface area contributed by atoms with Gasteiger partial charge in [0.25, 0.3) is 5.09 Å². The molecular weight excluding hydrogens is 251 g/mol. The number of ether oxygens (including phenoxy) is 1. The number of hydrogen-bond acceptors (Lipinski definition) is 7. The van der Waals surface area contributed by atoms with E-state index in [2.05, 4.69) is 19.8 Å². The molecule has 8 nitrogen and oxygen atoms in total. The Labute approximate surface area is 93.3 Å². The molecular formula is C5H4Cl2N4O4. The number of rotatable bonds is 5. The summed E-state index contributed by atoms with van der Waals surface area (Å²) < 4.78 is 4.86. The number of aromatic nitrogens is 3. The predicted molar refractivity (Wildman–Crippen MR) is 48.3 cm³/mol. The van der Waals surface area contributed by atoms with E-state index in [-0.39, 0.29) is 29.8 Å². The summed E-state index contributed by atoms with van der Waals surface area (Å²) in [7, 11) is 0. The van der Waals surface area contributed by atoms with Gasteiger partial charge in [-0.25, -0.2) is 0 Å². The van der Waals surface area contributed by atoms with E-state index in [9.17, 15) is 10.1 Å². The minimum Gasteiger partial charge on any atom is -0.461 e. The Morgan fingerprint density at radius 1 is 1.20 bits per heavy atom. The molecule has 0 saturated carbocycles. The van der Waals surface area contributed by atoms with Gasteiger partial charge in [0.1, 0.15) is 13.2 Å². The van der Waals surface area contributed by atoms with Crippen LogP contribution < -0.4 is 4.74 Å². The summed E-state index contributed by atoms with van der Waals surface area (Å²) in [6.45, 7) is -0.342. The van der Waals surface area contributed by atoms with Gasteiger partial charge in [-0.15, -0.1) is 10.1 Å². The molecule has 0 atom stereocenters. The summed E-state index contributed by atoms with van der Waals surface area (Å²) in [4.78, 5) is 24.4. The fourth-order valence-corrected chi connectivity index (χ4v) is 0.966. The van der Waals surface area contributed by atoms with E-state index < -0.39 is 5.09 Å². The highest BCUT2D eigenvalue weighted by Crippen LogP contribution is 2.10. The Morgan fingerprint density at radius 2 is 1.80 bits per heavy atom. The van der Waals surface area contributed by atoms with Gasteiger partial charge in [0.15, 0.2) is 0 Å². The van der Waals surface area contributed by atoms with E-state index >= 15 is 0 Å². The molecule has 15 heavy (non-hydrogen) atoms. The molecule has 0 unspecified atom stereocenters. The normalized spacial score (nSPS) is 9.73. The quantitative estimate of drug-likeness (QED) is 0.435. The highest BCUT2D eigenvalue weighted by atomic mass is 35.5. The van der Waals surface area contributed by atoms with Crippen molar-refractivity contribution in [1.82, 2.24) is 15.0 Å². The second-order valence-electron chi connectivity index (χ2n) is 2.06. The minimum atomic E-state index is -0.934. The van der Waals surface area contributed by atoms with Crippen LogP contribution in [0.3, 0.4) is 0 Å². The summed E-state index contributed by atoms with van der Waals surface area (Å²) >= 11 is 10.9. The molecule has 82 valence electrons. The van der Waals surface area contributed by atoms with Gasteiger partial charge in [-0.1, -0.05) is 0 Å². The molecule has 1 aromatic heterocycles. The predicted octanol–water partition coefficient (Wildman–Crippen LogP) is 0.765. The van der Waals surface area contributed by atoms with Crippen molar-refractivity contribution in [1.29, 1.82) is 0 Å². The molecule has 0 N–H and O–H groups in total. The molecule has 0 aromatic carbocycles. The van der Waals surface area contributed by atoms with Crippen LogP contribution in [0.4, 0.5) is 0 Å². The van der Waals surface area contributed by atoms with E-state index in [0.717, 1.165) is 0 Å². The van der Waals surface area contributed by atoms with Gasteiger partial charge in [-0.2, -0.15) is 15.0 Å². The van der Waals surface area contributed by atoms with Gasteiger partial charge in [0.2, 0.25) is 10.6 Å². The highest BCUT2D eigenvalue weighted by molar-refractivity contribution is 6.31. The van der Waals surface area contributed by atoms with Gasteiger partial charge in [0, 0.05) is 0 Å². The topological polar surface area (TPSA) is 100 Å². The summed E-state index contributed by atoms with van der Waals surface area (Å²) in [6, 6.07) is -0.119. The summed E-state index contributed by atoms with van der Waals surface area (Å²) in [5.41, 5.74) is 0. The molecule has 0 aliphatic rings. The van der Waals surface area contributed by atoms with E-state index in [4.69, 9.17) is 27.9 Å². The average Bonchev–Trinajstić information content (AvgIpc) is 2.10. The maximum atomic E-state index is 9.76. The first kappa shape index (κ1) is 11.7. The Morgan fingerprint density at radius 3 is 2.33 bits per heavy atom. The van der Waals surface area contributed by atoms with Crippen molar-refractivity contribution in [3.8, 4) is 6.01 Å². The van der Waals surface area contributed by atoms with Gasteiger partial charge in [-0.3, -0.25) is 0 Å². The molecule has 0 aliphatic heterocycles. The number of hydrogen-bond donors (Lipinski definition) is 0. The van der Waals surface area contributed by atoms with Crippen LogP contribution in [0.2, 0.25) is 10.6 Å². The number of nitrogens with zero attached hydrogens (tertiary/aromatic N) is 4. The van der Waals surface area contributed by atoms with Crippen molar-refractivity contribution in [3.05, 3.63) is 20.7 Å². The first-order valence-electron chi connectivity index (χ1n) is 3.55. The van der Waals surface area contributed by atoms with E-state index in [1.807, 2.05) is 0 Å². The standard InChI is InChI=1S/C5H4Cl2N4O4/c6-3-8-4(7)10-5(9-3)14-1-2-15-11(12)13/h1-2H2. The van der Waals surface area contributed by atoms with Crippen LogP contribution in [0, 0.1) is 10.1 Å². The molecule has 1 rings (SSSR count). The van der Waals surface area contributed by atoms with Crippen LogP contribution in [-0.2, 0) is 4.84 Å². The zero-order chi connectivity index (χ0) is 11.3. The van der Waals surface area contributed by atoms with E-state index in [1.54, 1.807) is 0 Å². The lowest BCUT2D eigenvalue weighted by atomic mass is 10.8. The maximum Gasteiger partial charge on any atom is 0.322 e. The second kappa shape index (κ2) is 5.47. The van der Waals surface area contributed by atoms with E-state index in [1.165, 1.54) is 0 Å². The SMILES string of the molecule is O=[N+]([O-])OCCOc1nc(Cl)nc(Cl)n1. The lowest BCUT2D eigenvalue weighted by Crippen LogP contribution is -2.11. The average molecular weight is 255 g/mol. The Bertz CT molecular complexity index is 343. The monoisotopic (exact) mass is 254 g/mol. The molecule has 0 fully saturated rings. The van der Waals surface area contributed by atoms with Gasteiger partial charge < -0.3 is 9.57 Å². The Kier molecular flexibility index (Phi) is 4.25. The smallest absolute Gasteiger partial charge is 0.322 e. The fraction of sp³-hybridized carbons (Fsp3) is 0.400. The molecule has 0 spiro atoms. The van der Waals surface area contributed by atoms with Gasteiger partial charge in [-0.05, 0) is 23.2 Å². The Balaban J connectivity index is 2.40. The van der Waals surface area contributed by atoms with Gasteiger partial charge in [0.05, 0.1) is 0 Å². The second-order valence-corrected chi connectivity index (χ2v) is 2.74. The van der Waals surface area contributed by atoms with E-state index in [0.29, 0.717) is 0 Å². The third-order valence-corrected chi connectivity index (χ3v) is 1.41. The first-order chi connectivity index (χ1) is 7.08. The lowest BCUT2D eigenvalue weighted by molar-refractivity contribution is -0.757. The van der Waals surface area contributed by atoms with Crippen molar-refractivity contribution in [3.63, 3.8) is 0 Å². The third kappa shape index (κ3) is 4.56. The summed E-state index contributed by atoms with van der Waals surface area (Å²) in [5.74, 6) is 0. The third-order valence-electron chi connectivity index (χ3n) is 1.07. The summed E-state index contributed by atoms with van der Waals surface area (Å²) in [5, 5.41) is 8.58. The van der Waals surface area contributed by atoms with Crippen molar-refractivity contribution >= 4 is 23.2 Å². The first-order valence-corrected chi connectivity index (χ1v) is 4.30. The molecule has 0 saturated heterocycles. The van der Waals surface area contributed by atoms with Crippen LogP contribution in [0.25, 0.3) is 0 Å². The van der Waals surface area contributed by atoms with Crippen molar-refractivity contribution in [2.75, 3.05) is 13.2 Å². The van der Waals surface area contributed by atoms with Crippen LogP contribution >= 0.6 is 23.2 Å². The molecule has 10 heteroatoms. The Hall–Kier alpha value is -1.41. The number of halogens is 2. The zero-order valence-corrected chi connectivity index (χ0v) is 8.60. The molecule has 0 aliphatic carbocycles. The molecule has 1 heterocycles. The van der Waals surface area contributed by atoms with Crippen molar-refractivity contribution in [2.45, 2.75) is 0 Å². The summed E-state index contributed by atoms with van der Waals surface area (Å²) in [6.07, 6.45) is 0. The van der Waals surface area contributed by atoms with Crippen molar-refractivity contribution < 1.29 is 14.7 Å².